The minimum absolute atomic E-state index is 0.0190. The summed E-state index contributed by atoms with van der Waals surface area (Å²) in [5.74, 6) is 0.0196. The van der Waals surface area contributed by atoms with E-state index in [0.29, 0.717) is 11.6 Å². The number of anilines is 1. The molecular weight excluding hydrogens is 451 g/mol. The van der Waals surface area contributed by atoms with E-state index in [-0.39, 0.29) is 22.5 Å². The number of amides is 2. The third kappa shape index (κ3) is 4.81. The summed E-state index contributed by atoms with van der Waals surface area (Å²) >= 11 is 5.95. The lowest BCUT2D eigenvalue weighted by atomic mass is 9.93. The van der Waals surface area contributed by atoms with Crippen molar-refractivity contribution in [3.8, 4) is 0 Å². The Morgan fingerprint density at radius 1 is 1.18 bits per heavy atom. The van der Waals surface area contributed by atoms with Crippen LogP contribution in [0.1, 0.15) is 31.2 Å². The Labute approximate surface area is 206 Å². The maximum Gasteiger partial charge on any atom is 0.322 e. The third-order valence-corrected chi connectivity index (χ3v) is 8.42. The van der Waals surface area contributed by atoms with E-state index in [1.807, 2.05) is 0 Å². The number of rotatable bonds is 7. The molecule has 0 radical (unpaired) electrons. The van der Waals surface area contributed by atoms with Crippen molar-refractivity contribution in [3.63, 3.8) is 0 Å². The van der Waals surface area contributed by atoms with Gasteiger partial charge in [0.25, 0.3) is 0 Å². The quantitative estimate of drug-likeness (QED) is 0.596. The van der Waals surface area contributed by atoms with Crippen LogP contribution in [-0.2, 0) is 5.41 Å². The average Bonchev–Trinajstić information content (AvgIpc) is 3.47. The molecule has 1 heterocycles. The number of fused-ring (bicyclic) bond motifs is 1. The van der Waals surface area contributed by atoms with Crippen LogP contribution in [0, 0.1) is 11.7 Å². The fourth-order valence-corrected chi connectivity index (χ4v) is 6.26. The van der Waals surface area contributed by atoms with Crippen LogP contribution in [-0.4, -0.2) is 73.1 Å². The molecule has 2 aromatic rings. The number of halogens is 2. The number of hydrogen-bond acceptors (Lipinski definition) is 3. The molecule has 1 saturated heterocycles. The predicted octanol–water partition coefficient (Wildman–Crippen LogP) is 5.07. The Morgan fingerprint density at radius 3 is 2.65 bits per heavy atom. The van der Waals surface area contributed by atoms with Crippen LogP contribution < -0.4 is 5.32 Å². The first-order valence-electron chi connectivity index (χ1n) is 12.5. The fraction of sp³-hybridized carbons (Fsp3) is 0.519. The molecule has 2 aromatic carbocycles. The van der Waals surface area contributed by atoms with E-state index in [0.717, 1.165) is 65.0 Å². The van der Waals surface area contributed by atoms with Gasteiger partial charge < -0.3 is 20.0 Å². The Balaban J connectivity index is 1.28. The van der Waals surface area contributed by atoms with E-state index < -0.39 is 5.82 Å². The number of carbonyl (C=O) groups is 1. The number of likely N-dealkylation sites (N-methyl/N-ethyl adjacent to an activating group) is 1. The van der Waals surface area contributed by atoms with Gasteiger partial charge in [-0.2, -0.15) is 0 Å². The second-order valence-electron chi connectivity index (χ2n) is 10.2. The maximum atomic E-state index is 13.6. The molecule has 5 rings (SSSR count). The molecule has 34 heavy (non-hydrogen) atoms. The summed E-state index contributed by atoms with van der Waals surface area (Å²) < 4.78 is 13.6. The predicted molar refractivity (Wildman–Crippen MR) is 135 cm³/mol. The number of nitrogens with one attached hydrogen (secondary N) is 1. The van der Waals surface area contributed by atoms with Gasteiger partial charge in [-0.3, -0.25) is 0 Å². The van der Waals surface area contributed by atoms with E-state index in [1.165, 1.54) is 17.7 Å². The first-order chi connectivity index (χ1) is 16.5. The monoisotopic (exact) mass is 484 g/mol. The summed E-state index contributed by atoms with van der Waals surface area (Å²) in [6.07, 6.45) is 4.23. The van der Waals surface area contributed by atoms with Gasteiger partial charge in [0.2, 0.25) is 0 Å². The van der Waals surface area contributed by atoms with Gasteiger partial charge in [0, 0.05) is 49.9 Å². The van der Waals surface area contributed by atoms with Gasteiger partial charge in [0.15, 0.2) is 0 Å². The molecule has 1 N–H and O–H groups in total. The number of urea groups is 1. The lowest BCUT2D eigenvalue weighted by molar-refractivity contribution is 0.140. The largest absolute Gasteiger partial charge is 0.322 e. The number of benzene rings is 2. The second kappa shape index (κ2) is 9.84. The molecule has 3 fully saturated rings. The van der Waals surface area contributed by atoms with E-state index in [1.54, 1.807) is 6.07 Å². The Hall–Kier alpha value is -2.15. The van der Waals surface area contributed by atoms with Crippen molar-refractivity contribution in [2.45, 2.75) is 37.1 Å². The molecule has 0 unspecified atom stereocenters. The van der Waals surface area contributed by atoms with E-state index >= 15 is 0 Å². The van der Waals surface area contributed by atoms with E-state index in [4.69, 9.17) is 11.6 Å². The summed E-state index contributed by atoms with van der Waals surface area (Å²) in [4.78, 5) is 20.4. The normalized spacial score (nSPS) is 26.8. The van der Waals surface area contributed by atoms with Crippen LogP contribution in [0.15, 0.2) is 48.5 Å². The molecule has 7 heteroatoms. The third-order valence-electron chi connectivity index (χ3n) is 8.13. The highest BCUT2D eigenvalue weighted by Gasteiger charge is 2.63. The van der Waals surface area contributed by atoms with Crippen LogP contribution in [0.4, 0.5) is 14.9 Å². The molecule has 0 spiro atoms. The summed E-state index contributed by atoms with van der Waals surface area (Å²) in [6.45, 7) is 6.08. The first kappa shape index (κ1) is 23.6. The molecule has 2 aliphatic carbocycles. The first-order valence-corrected chi connectivity index (χ1v) is 12.8. The topological polar surface area (TPSA) is 38.8 Å². The van der Waals surface area contributed by atoms with Crippen molar-refractivity contribution in [2.75, 3.05) is 51.6 Å². The minimum Gasteiger partial charge on any atom is -0.321 e. The zero-order chi connectivity index (χ0) is 23.7. The van der Waals surface area contributed by atoms with Crippen molar-refractivity contribution < 1.29 is 9.18 Å². The lowest BCUT2D eigenvalue weighted by Crippen LogP contribution is -2.47. The summed E-state index contributed by atoms with van der Waals surface area (Å²) in [5.41, 5.74) is 2.16. The molecule has 3 aliphatic rings. The van der Waals surface area contributed by atoms with Gasteiger partial charge in [-0.15, -0.1) is 0 Å². The number of nitrogens with zero attached hydrogens (tertiary/aromatic N) is 3. The molecule has 3 atom stereocenters. The van der Waals surface area contributed by atoms with Crippen LogP contribution in [0.5, 0.6) is 0 Å². The van der Waals surface area contributed by atoms with E-state index in [9.17, 15) is 9.18 Å². The Bertz CT molecular complexity index is 1010. The van der Waals surface area contributed by atoms with Gasteiger partial charge in [-0.1, -0.05) is 41.9 Å². The van der Waals surface area contributed by atoms with Crippen LogP contribution in [0.2, 0.25) is 5.02 Å². The van der Waals surface area contributed by atoms with Crippen LogP contribution in [0.25, 0.3) is 0 Å². The Kier molecular flexibility index (Phi) is 6.83. The SMILES string of the molecule is CN1CCN(CCCN(C(=O)Nc2ccc(F)c(Cl)c2)[C@@H]2CC[C@]3(c4ccccc4)C[C@H]23)CC1. The smallest absolute Gasteiger partial charge is 0.321 e. The molecule has 1 aliphatic heterocycles. The molecule has 5 nitrogen and oxygen atoms in total. The van der Waals surface area contributed by atoms with Crippen LogP contribution >= 0.6 is 11.6 Å². The number of piperazine rings is 1. The van der Waals surface area contributed by atoms with Gasteiger partial charge in [-0.05, 0) is 69.0 Å². The zero-order valence-corrected chi connectivity index (χ0v) is 20.6. The average molecular weight is 485 g/mol. The van der Waals surface area contributed by atoms with Gasteiger partial charge in [0.1, 0.15) is 5.82 Å². The van der Waals surface area contributed by atoms with E-state index in [2.05, 4.69) is 57.4 Å². The van der Waals surface area contributed by atoms with Crippen molar-refractivity contribution in [1.82, 2.24) is 14.7 Å². The zero-order valence-electron chi connectivity index (χ0n) is 19.9. The molecule has 2 amide bonds. The highest BCUT2D eigenvalue weighted by molar-refractivity contribution is 6.31. The lowest BCUT2D eigenvalue weighted by Gasteiger charge is -2.34. The molecule has 2 saturated carbocycles. The van der Waals surface area contributed by atoms with Gasteiger partial charge in [0.05, 0.1) is 5.02 Å². The maximum absolute atomic E-state index is 13.6. The Morgan fingerprint density at radius 2 is 1.94 bits per heavy atom. The van der Waals surface area contributed by atoms with Gasteiger partial charge >= 0.3 is 6.03 Å². The van der Waals surface area contributed by atoms with Crippen molar-refractivity contribution >= 4 is 23.3 Å². The second-order valence-corrected chi connectivity index (χ2v) is 10.6. The molecule has 0 aromatic heterocycles. The number of carbonyl (C=O) groups excluding carboxylic acids is 1. The minimum atomic E-state index is -0.481. The summed E-state index contributed by atoms with van der Waals surface area (Å²) in [6, 6.07) is 15.2. The van der Waals surface area contributed by atoms with Gasteiger partial charge in [-0.25, -0.2) is 9.18 Å². The highest BCUT2D eigenvalue weighted by atomic mass is 35.5. The van der Waals surface area contributed by atoms with Crippen molar-refractivity contribution in [1.29, 1.82) is 0 Å². The number of hydrogen-bond donors (Lipinski definition) is 1. The highest BCUT2D eigenvalue weighted by Crippen LogP contribution is 2.65. The molecule has 0 bridgehead atoms. The molecular formula is C27H34ClFN4O. The summed E-state index contributed by atoms with van der Waals surface area (Å²) in [5, 5.41) is 3.01. The fourth-order valence-electron chi connectivity index (χ4n) is 6.07. The standard InChI is InChI=1S/C27H34ClFN4O/c1-31-14-16-32(17-15-31)12-5-13-33(26(34)30-21-8-9-24(29)23(28)18-21)25-10-11-27(19-22(25)27)20-6-3-2-4-7-20/h2-4,6-9,18,22,25H,5,10-17,19H2,1H3,(H,30,34)/t22-,25-,27-/m1/s1. The van der Waals surface area contributed by atoms with Crippen LogP contribution in [0.3, 0.4) is 0 Å². The molecule has 182 valence electrons. The summed E-state index contributed by atoms with van der Waals surface area (Å²) in [7, 11) is 2.17. The van der Waals surface area contributed by atoms with Crippen molar-refractivity contribution in [2.24, 2.45) is 5.92 Å². The van der Waals surface area contributed by atoms with Crippen molar-refractivity contribution in [3.05, 3.63) is 64.9 Å².